The third-order valence-electron chi connectivity index (χ3n) is 3.07. The fraction of sp³-hybridized carbons (Fsp3) is 0.333. The predicted molar refractivity (Wildman–Crippen MR) is 97.7 cm³/mol. The first-order valence-electron chi connectivity index (χ1n) is 6.60. The van der Waals surface area contributed by atoms with Crippen molar-refractivity contribution >= 4 is 51.6 Å². The molecule has 3 nitrogen and oxygen atoms in total. The molecule has 21 heavy (non-hydrogen) atoms. The summed E-state index contributed by atoms with van der Waals surface area (Å²) in [5.41, 5.74) is 2.02. The van der Waals surface area contributed by atoms with E-state index in [2.05, 4.69) is 51.7 Å². The summed E-state index contributed by atoms with van der Waals surface area (Å²) in [7, 11) is 1.87. The van der Waals surface area contributed by atoms with Gasteiger partial charge in [-0.15, -0.1) is 0 Å². The summed E-state index contributed by atoms with van der Waals surface area (Å²) in [6.07, 6.45) is 0.585. The van der Waals surface area contributed by atoms with Crippen molar-refractivity contribution in [1.29, 1.82) is 0 Å². The van der Waals surface area contributed by atoms with E-state index >= 15 is 0 Å². The Morgan fingerprint density at radius 3 is 2.52 bits per heavy atom. The van der Waals surface area contributed by atoms with Crippen LogP contribution in [0.4, 0.5) is 5.82 Å². The van der Waals surface area contributed by atoms with Crippen LogP contribution in [0.25, 0.3) is 0 Å². The lowest BCUT2D eigenvalue weighted by Gasteiger charge is -2.14. The number of aromatic nitrogens is 2. The fourth-order valence-corrected chi connectivity index (χ4v) is 3.58. The maximum absolute atomic E-state index is 6.23. The molecule has 0 fully saturated rings. The standard InChI is InChI=1S/C15H16Cl2IN3/c1-8(2)14-13(18)15(19-3)21-12(20-14)6-9-4-5-10(16)7-11(9)17/h4-5,7-8H,6H2,1-3H3,(H,19,20,21). The SMILES string of the molecule is CNc1nc(Cc2ccc(Cl)cc2Cl)nc(C(C)C)c1I. The van der Waals surface area contributed by atoms with E-state index in [1.54, 1.807) is 6.07 Å². The molecule has 0 amide bonds. The van der Waals surface area contributed by atoms with E-state index in [0.29, 0.717) is 22.4 Å². The van der Waals surface area contributed by atoms with Crippen LogP contribution in [0, 0.1) is 3.57 Å². The highest BCUT2D eigenvalue weighted by molar-refractivity contribution is 14.1. The first-order valence-corrected chi connectivity index (χ1v) is 8.43. The molecule has 1 heterocycles. The lowest BCUT2D eigenvalue weighted by molar-refractivity contribution is 0.784. The van der Waals surface area contributed by atoms with Crippen LogP contribution in [0.2, 0.25) is 10.0 Å². The van der Waals surface area contributed by atoms with Gasteiger partial charge in [-0.1, -0.05) is 43.1 Å². The maximum Gasteiger partial charge on any atom is 0.143 e. The number of nitrogens with zero attached hydrogens (tertiary/aromatic N) is 2. The molecule has 0 aliphatic rings. The van der Waals surface area contributed by atoms with Gasteiger partial charge in [-0.2, -0.15) is 0 Å². The third-order valence-corrected chi connectivity index (χ3v) is 4.72. The molecule has 0 bridgehead atoms. The van der Waals surface area contributed by atoms with Gasteiger partial charge < -0.3 is 5.32 Å². The predicted octanol–water partition coefficient (Wildman–Crippen LogP) is 5.14. The summed E-state index contributed by atoms with van der Waals surface area (Å²) >= 11 is 14.4. The Hall–Kier alpha value is -0.590. The number of anilines is 1. The van der Waals surface area contributed by atoms with Crippen molar-refractivity contribution in [2.45, 2.75) is 26.2 Å². The molecular weight excluding hydrogens is 420 g/mol. The molecule has 0 saturated heterocycles. The number of benzene rings is 1. The number of hydrogen-bond donors (Lipinski definition) is 1. The second kappa shape index (κ2) is 7.11. The molecule has 6 heteroatoms. The van der Waals surface area contributed by atoms with Gasteiger partial charge in [0.2, 0.25) is 0 Å². The van der Waals surface area contributed by atoms with Crippen LogP contribution in [0.3, 0.4) is 0 Å². The molecule has 2 rings (SSSR count). The highest BCUT2D eigenvalue weighted by atomic mass is 127. The van der Waals surface area contributed by atoms with Gasteiger partial charge in [-0.3, -0.25) is 0 Å². The van der Waals surface area contributed by atoms with Crippen molar-refractivity contribution in [3.8, 4) is 0 Å². The lowest BCUT2D eigenvalue weighted by Crippen LogP contribution is -2.09. The highest BCUT2D eigenvalue weighted by Crippen LogP contribution is 2.27. The summed E-state index contributed by atoms with van der Waals surface area (Å²) in [6.45, 7) is 4.26. The topological polar surface area (TPSA) is 37.8 Å². The summed E-state index contributed by atoms with van der Waals surface area (Å²) < 4.78 is 1.07. The van der Waals surface area contributed by atoms with Gasteiger partial charge in [0, 0.05) is 23.5 Å². The molecule has 0 radical (unpaired) electrons. The average molecular weight is 436 g/mol. The smallest absolute Gasteiger partial charge is 0.143 e. The molecule has 0 atom stereocenters. The van der Waals surface area contributed by atoms with Crippen molar-refractivity contribution in [3.63, 3.8) is 0 Å². The van der Waals surface area contributed by atoms with Gasteiger partial charge in [-0.05, 0) is 46.2 Å². The minimum atomic E-state index is 0.339. The second-order valence-electron chi connectivity index (χ2n) is 5.00. The van der Waals surface area contributed by atoms with Crippen LogP contribution in [0.15, 0.2) is 18.2 Å². The molecule has 0 spiro atoms. The summed E-state index contributed by atoms with van der Waals surface area (Å²) in [5.74, 6) is 1.95. The molecule has 112 valence electrons. The highest BCUT2D eigenvalue weighted by Gasteiger charge is 2.15. The van der Waals surface area contributed by atoms with E-state index in [1.165, 1.54) is 0 Å². The monoisotopic (exact) mass is 435 g/mol. The van der Waals surface area contributed by atoms with Gasteiger partial charge >= 0.3 is 0 Å². The minimum Gasteiger partial charge on any atom is -0.372 e. The zero-order chi connectivity index (χ0) is 15.6. The Morgan fingerprint density at radius 1 is 1.24 bits per heavy atom. The zero-order valence-electron chi connectivity index (χ0n) is 12.0. The lowest BCUT2D eigenvalue weighted by atomic mass is 10.1. The molecular formula is C15H16Cl2IN3. The van der Waals surface area contributed by atoms with Crippen LogP contribution >= 0.6 is 45.8 Å². The summed E-state index contributed by atoms with van der Waals surface area (Å²) in [6, 6.07) is 5.49. The molecule has 2 aromatic rings. The van der Waals surface area contributed by atoms with E-state index in [1.807, 2.05) is 19.2 Å². The minimum absolute atomic E-state index is 0.339. The molecule has 0 aliphatic carbocycles. The molecule has 1 N–H and O–H groups in total. The molecule has 1 aromatic carbocycles. The van der Waals surface area contributed by atoms with Crippen LogP contribution < -0.4 is 5.32 Å². The second-order valence-corrected chi connectivity index (χ2v) is 6.93. The largest absolute Gasteiger partial charge is 0.372 e. The normalized spacial score (nSPS) is 11.0. The Kier molecular flexibility index (Phi) is 5.68. The van der Waals surface area contributed by atoms with Crippen molar-refractivity contribution in [3.05, 3.63) is 48.9 Å². The maximum atomic E-state index is 6.23. The third kappa shape index (κ3) is 3.99. The van der Waals surface area contributed by atoms with E-state index < -0.39 is 0 Å². The van der Waals surface area contributed by atoms with Crippen LogP contribution in [-0.4, -0.2) is 17.0 Å². The van der Waals surface area contributed by atoms with E-state index in [9.17, 15) is 0 Å². The Morgan fingerprint density at radius 2 is 1.95 bits per heavy atom. The molecule has 0 aliphatic heterocycles. The summed E-state index contributed by atoms with van der Waals surface area (Å²) in [4.78, 5) is 9.26. The molecule has 0 saturated carbocycles. The average Bonchev–Trinajstić information content (AvgIpc) is 2.43. The first kappa shape index (κ1) is 16.8. The fourth-order valence-electron chi connectivity index (χ4n) is 1.98. The number of hydrogen-bond acceptors (Lipinski definition) is 3. The van der Waals surface area contributed by atoms with E-state index in [4.69, 9.17) is 23.2 Å². The molecule has 0 unspecified atom stereocenters. The first-order chi connectivity index (χ1) is 9.92. The van der Waals surface area contributed by atoms with Crippen LogP contribution in [0.1, 0.15) is 36.8 Å². The number of halogens is 3. The van der Waals surface area contributed by atoms with Crippen molar-refractivity contribution in [1.82, 2.24) is 9.97 Å². The number of nitrogens with one attached hydrogen (secondary N) is 1. The van der Waals surface area contributed by atoms with Gasteiger partial charge in [0.05, 0.1) is 9.26 Å². The Labute approximate surface area is 148 Å². The van der Waals surface area contributed by atoms with Crippen molar-refractivity contribution < 1.29 is 0 Å². The summed E-state index contributed by atoms with van der Waals surface area (Å²) in [5, 5.41) is 4.40. The quantitative estimate of drug-likeness (QED) is 0.675. The molecule has 1 aromatic heterocycles. The van der Waals surface area contributed by atoms with Gasteiger partial charge in [0.1, 0.15) is 11.6 Å². The van der Waals surface area contributed by atoms with Crippen LogP contribution in [0.5, 0.6) is 0 Å². The van der Waals surface area contributed by atoms with Gasteiger partial charge in [0.25, 0.3) is 0 Å². The van der Waals surface area contributed by atoms with Crippen LogP contribution in [-0.2, 0) is 6.42 Å². The van der Waals surface area contributed by atoms with Crippen molar-refractivity contribution in [2.75, 3.05) is 12.4 Å². The number of rotatable bonds is 4. The Balaban J connectivity index is 2.42. The Bertz CT molecular complexity index is 660. The van der Waals surface area contributed by atoms with E-state index in [0.717, 1.165) is 26.5 Å². The van der Waals surface area contributed by atoms with Crippen molar-refractivity contribution in [2.24, 2.45) is 0 Å². The van der Waals surface area contributed by atoms with Gasteiger partial charge in [-0.25, -0.2) is 9.97 Å². The van der Waals surface area contributed by atoms with E-state index in [-0.39, 0.29) is 0 Å². The van der Waals surface area contributed by atoms with Gasteiger partial charge in [0.15, 0.2) is 0 Å². The zero-order valence-corrected chi connectivity index (χ0v) is 15.7.